The molecule has 0 heterocycles. The molecule has 3 nitrogen and oxygen atoms in total. The Hall–Kier alpha value is -0.440. The third kappa shape index (κ3) is 1.60. The Morgan fingerprint density at radius 2 is 1.44 bits per heavy atom. The number of carbonyl (C=O) groups is 1. The lowest BCUT2D eigenvalue weighted by atomic mass is 9.50. The quantitative estimate of drug-likeness (QED) is 0.393. The summed E-state index contributed by atoms with van der Waals surface area (Å²) in [6.45, 7) is 13.2. The molecule has 0 radical (unpaired) electrons. The monoisotopic (exact) mass is 244 g/mol. The molecule has 0 unspecified atom stereocenters. The number of rotatable bonds is 1. The van der Waals surface area contributed by atoms with E-state index in [-0.39, 0.29) is 11.3 Å². The van der Waals surface area contributed by atoms with E-state index in [4.69, 9.17) is 11.6 Å². The van der Waals surface area contributed by atoms with Gasteiger partial charge in [-0.25, -0.2) is 0 Å². The van der Waals surface area contributed by atoms with Gasteiger partial charge in [-0.15, -0.1) is 0 Å². The normalized spacial score (nSPS) is 26.9. The SMILES string of the molecule is CC(C)(C)/N=N/C1(Cl)C(C)(C)C(=O)C1(C)C. The van der Waals surface area contributed by atoms with Gasteiger partial charge in [0.1, 0.15) is 0 Å². The van der Waals surface area contributed by atoms with Crippen LogP contribution in [0.5, 0.6) is 0 Å². The van der Waals surface area contributed by atoms with Crippen LogP contribution in [0, 0.1) is 10.8 Å². The van der Waals surface area contributed by atoms with Gasteiger partial charge in [0.2, 0.25) is 0 Å². The second-order valence-electron chi connectivity index (χ2n) is 6.57. The summed E-state index contributed by atoms with van der Waals surface area (Å²) >= 11 is 6.51. The van der Waals surface area contributed by atoms with E-state index in [2.05, 4.69) is 10.2 Å². The number of hydrogen-bond donors (Lipinski definition) is 0. The summed E-state index contributed by atoms with van der Waals surface area (Å²) < 4.78 is 0. The number of alkyl halides is 1. The minimum atomic E-state index is -0.926. The van der Waals surface area contributed by atoms with Crippen LogP contribution in [-0.2, 0) is 4.79 Å². The second-order valence-corrected chi connectivity index (χ2v) is 7.12. The number of nitrogens with zero attached hydrogens (tertiary/aromatic N) is 2. The molecule has 0 amide bonds. The first kappa shape index (κ1) is 13.6. The van der Waals surface area contributed by atoms with Crippen LogP contribution in [0.15, 0.2) is 10.2 Å². The minimum absolute atomic E-state index is 0.142. The van der Waals surface area contributed by atoms with Crippen molar-refractivity contribution in [3.05, 3.63) is 0 Å². The van der Waals surface area contributed by atoms with E-state index in [1.807, 2.05) is 48.5 Å². The van der Waals surface area contributed by atoms with Crippen LogP contribution in [-0.4, -0.2) is 16.3 Å². The maximum Gasteiger partial charge on any atom is 0.178 e. The van der Waals surface area contributed by atoms with Gasteiger partial charge in [0.25, 0.3) is 0 Å². The van der Waals surface area contributed by atoms with Crippen molar-refractivity contribution in [3.8, 4) is 0 Å². The fraction of sp³-hybridized carbons (Fsp3) is 0.917. The molecule has 0 aromatic carbocycles. The van der Waals surface area contributed by atoms with E-state index in [0.29, 0.717) is 0 Å². The first-order valence-electron chi connectivity index (χ1n) is 5.54. The molecular formula is C12H21ClN2O. The number of ketones is 1. The Morgan fingerprint density at radius 1 is 1.06 bits per heavy atom. The average molecular weight is 245 g/mol. The largest absolute Gasteiger partial charge is 0.298 e. The Balaban J connectivity index is 3.11. The van der Waals surface area contributed by atoms with Crippen molar-refractivity contribution in [1.82, 2.24) is 0 Å². The summed E-state index contributed by atoms with van der Waals surface area (Å²) in [4.78, 5) is 11.0. The van der Waals surface area contributed by atoms with E-state index >= 15 is 0 Å². The molecule has 1 aliphatic carbocycles. The van der Waals surface area contributed by atoms with Crippen molar-refractivity contribution in [2.45, 2.75) is 59.0 Å². The lowest BCUT2D eigenvalue weighted by molar-refractivity contribution is -0.160. The van der Waals surface area contributed by atoms with Gasteiger partial charge in [0.15, 0.2) is 10.8 Å². The summed E-state index contributed by atoms with van der Waals surface area (Å²) in [6, 6.07) is 0. The highest BCUT2D eigenvalue weighted by Gasteiger charge is 2.73. The highest BCUT2D eigenvalue weighted by Crippen LogP contribution is 2.63. The number of hydrogen-bond acceptors (Lipinski definition) is 3. The third-order valence-corrected chi connectivity index (χ3v) is 4.30. The van der Waals surface area contributed by atoms with Crippen molar-refractivity contribution in [2.75, 3.05) is 0 Å². The molecule has 16 heavy (non-hydrogen) atoms. The first-order valence-corrected chi connectivity index (χ1v) is 5.92. The molecule has 0 N–H and O–H groups in total. The average Bonchev–Trinajstić information content (AvgIpc) is 2.10. The van der Waals surface area contributed by atoms with Gasteiger partial charge in [0, 0.05) is 0 Å². The van der Waals surface area contributed by atoms with Gasteiger partial charge in [-0.3, -0.25) is 4.79 Å². The van der Waals surface area contributed by atoms with Gasteiger partial charge in [0.05, 0.1) is 16.4 Å². The van der Waals surface area contributed by atoms with Crippen LogP contribution in [0.2, 0.25) is 0 Å². The molecule has 0 atom stereocenters. The molecule has 1 fully saturated rings. The Kier molecular flexibility index (Phi) is 2.79. The zero-order valence-corrected chi connectivity index (χ0v) is 11.9. The Bertz CT molecular complexity index is 333. The Morgan fingerprint density at radius 3 is 1.75 bits per heavy atom. The molecule has 0 aromatic heterocycles. The van der Waals surface area contributed by atoms with Crippen molar-refractivity contribution in [1.29, 1.82) is 0 Å². The molecule has 0 aromatic rings. The van der Waals surface area contributed by atoms with Crippen LogP contribution < -0.4 is 0 Å². The fourth-order valence-corrected chi connectivity index (χ4v) is 2.48. The van der Waals surface area contributed by atoms with Crippen molar-refractivity contribution in [2.24, 2.45) is 21.1 Å². The molecule has 0 bridgehead atoms. The summed E-state index contributed by atoms with van der Waals surface area (Å²) in [5.41, 5.74) is -1.56. The molecule has 1 rings (SSSR count). The maximum absolute atomic E-state index is 12.0. The molecule has 1 aliphatic rings. The second kappa shape index (κ2) is 3.28. The van der Waals surface area contributed by atoms with Crippen LogP contribution >= 0.6 is 11.6 Å². The topological polar surface area (TPSA) is 41.8 Å². The van der Waals surface area contributed by atoms with Crippen LogP contribution in [0.4, 0.5) is 0 Å². The van der Waals surface area contributed by atoms with Gasteiger partial charge >= 0.3 is 0 Å². The standard InChI is InChI=1S/C12H21ClN2O/c1-9(2,3)14-15-12(13)10(4,5)8(16)11(12,6)7/h1-7H3/b15-14+. The minimum Gasteiger partial charge on any atom is -0.298 e. The van der Waals surface area contributed by atoms with Gasteiger partial charge < -0.3 is 0 Å². The first-order chi connectivity index (χ1) is 6.86. The zero-order chi connectivity index (χ0) is 13.0. The van der Waals surface area contributed by atoms with Gasteiger partial charge in [-0.05, 0) is 48.5 Å². The van der Waals surface area contributed by atoms with E-state index in [1.54, 1.807) is 0 Å². The summed E-state index contributed by atoms with van der Waals surface area (Å²) in [5, 5.41) is 8.48. The predicted octanol–water partition coefficient (Wildman–Crippen LogP) is 3.81. The molecule has 4 heteroatoms. The number of Topliss-reactive ketones (excluding diaryl/α,β-unsaturated/α-hetero) is 1. The van der Waals surface area contributed by atoms with Crippen molar-refractivity contribution in [3.63, 3.8) is 0 Å². The van der Waals surface area contributed by atoms with Crippen molar-refractivity contribution >= 4 is 17.4 Å². The Labute approximate surface area is 103 Å². The summed E-state index contributed by atoms with van der Waals surface area (Å²) in [5.74, 6) is 0.142. The molecule has 1 saturated carbocycles. The smallest absolute Gasteiger partial charge is 0.178 e. The maximum atomic E-state index is 12.0. The summed E-state index contributed by atoms with van der Waals surface area (Å²) in [6.07, 6.45) is 0. The predicted molar refractivity (Wildman–Crippen MR) is 65.8 cm³/mol. The lowest BCUT2D eigenvalue weighted by Crippen LogP contribution is -2.70. The van der Waals surface area contributed by atoms with Crippen LogP contribution in [0.25, 0.3) is 0 Å². The number of halogens is 1. The summed E-state index contributed by atoms with van der Waals surface area (Å²) in [7, 11) is 0. The van der Waals surface area contributed by atoms with Gasteiger partial charge in [-0.1, -0.05) is 11.6 Å². The highest BCUT2D eigenvalue weighted by atomic mass is 35.5. The number of azo groups is 1. The molecule has 0 saturated heterocycles. The molecule has 92 valence electrons. The van der Waals surface area contributed by atoms with E-state index < -0.39 is 15.8 Å². The lowest BCUT2D eigenvalue weighted by Gasteiger charge is -2.58. The fourth-order valence-electron chi connectivity index (χ4n) is 2.27. The van der Waals surface area contributed by atoms with E-state index in [0.717, 1.165) is 0 Å². The molecular weight excluding hydrogens is 224 g/mol. The van der Waals surface area contributed by atoms with E-state index in [1.165, 1.54) is 0 Å². The highest BCUT2D eigenvalue weighted by molar-refractivity contribution is 6.32. The van der Waals surface area contributed by atoms with E-state index in [9.17, 15) is 4.79 Å². The molecule has 0 aliphatic heterocycles. The van der Waals surface area contributed by atoms with Gasteiger partial charge in [-0.2, -0.15) is 10.2 Å². The number of carbonyl (C=O) groups excluding carboxylic acids is 1. The van der Waals surface area contributed by atoms with Crippen molar-refractivity contribution < 1.29 is 4.79 Å². The van der Waals surface area contributed by atoms with Crippen LogP contribution in [0.3, 0.4) is 0 Å². The molecule has 0 spiro atoms. The third-order valence-electron chi connectivity index (χ3n) is 3.28. The zero-order valence-electron chi connectivity index (χ0n) is 11.2. The van der Waals surface area contributed by atoms with Crippen LogP contribution in [0.1, 0.15) is 48.5 Å².